The fourth-order valence-electron chi connectivity index (χ4n) is 2.27. The number of hydrogen-bond acceptors (Lipinski definition) is 3. The number of carbonyl (C=O) groups is 1. The molecule has 0 saturated carbocycles. The first-order valence-electron chi connectivity index (χ1n) is 7.07. The topological polar surface area (TPSA) is 62.2 Å². The minimum Gasteiger partial charge on any atom is -0.392 e. The second-order valence-electron chi connectivity index (χ2n) is 5.09. The number of benzene rings is 2. The SMILES string of the molecule is O=C(NCc1ccc(CO)cc1)c1ccc2cnccc2c1. The molecule has 110 valence electrons. The molecule has 0 radical (unpaired) electrons. The molecule has 1 aromatic heterocycles. The number of pyridine rings is 1. The zero-order valence-electron chi connectivity index (χ0n) is 12.0. The van der Waals surface area contributed by atoms with Crippen LogP contribution in [0.5, 0.6) is 0 Å². The predicted molar refractivity (Wildman–Crippen MR) is 85.3 cm³/mol. The van der Waals surface area contributed by atoms with Crippen molar-refractivity contribution in [3.63, 3.8) is 0 Å². The molecule has 0 bridgehead atoms. The van der Waals surface area contributed by atoms with Gasteiger partial charge in [0.25, 0.3) is 5.91 Å². The number of carbonyl (C=O) groups excluding carboxylic acids is 1. The number of hydrogen-bond donors (Lipinski definition) is 2. The van der Waals surface area contributed by atoms with Gasteiger partial charge in [0.2, 0.25) is 0 Å². The van der Waals surface area contributed by atoms with Crippen LogP contribution in [0.2, 0.25) is 0 Å². The number of aliphatic hydroxyl groups is 1. The molecule has 0 aliphatic heterocycles. The zero-order valence-corrected chi connectivity index (χ0v) is 12.0. The number of nitrogens with zero attached hydrogens (tertiary/aromatic N) is 1. The second-order valence-corrected chi connectivity index (χ2v) is 5.09. The number of fused-ring (bicyclic) bond motifs is 1. The van der Waals surface area contributed by atoms with E-state index in [0.29, 0.717) is 12.1 Å². The Morgan fingerprint density at radius 3 is 2.55 bits per heavy atom. The Labute approximate surface area is 128 Å². The van der Waals surface area contributed by atoms with Gasteiger partial charge < -0.3 is 10.4 Å². The van der Waals surface area contributed by atoms with Gasteiger partial charge in [-0.15, -0.1) is 0 Å². The summed E-state index contributed by atoms with van der Waals surface area (Å²) in [6, 6.07) is 15.0. The first-order valence-corrected chi connectivity index (χ1v) is 7.07. The van der Waals surface area contributed by atoms with Crippen molar-refractivity contribution in [3.8, 4) is 0 Å². The van der Waals surface area contributed by atoms with Crippen LogP contribution in [0.25, 0.3) is 10.8 Å². The lowest BCUT2D eigenvalue weighted by Gasteiger charge is -2.07. The smallest absolute Gasteiger partial charge is 0.251 e. The first-order chi connectivity index (χ1) is 10.8. The molecule has 0 unspecified atom stereocenters. The van der Waals surface area contributed by atoms with E-state index in [1.165, 1.54) is 0 Å². The molecular formula is C18H16N2O2. The monoisotopic (exact) mass is 292 g/mol. The molecule has 0 aliphatic carbocycles. The van der Waals surface area contributed by atoms with Crippen molar-refractivity contribution >= 4 is 16.7 Å². The third-order valence-corrected chi connectivity index (χ3v) is 3.56. The van der Waals surface area contributed by atoms with Gasteiger partial charge in [0, 0.05) is 29.9 Å². The standard InChI is InChI=1S/C18H16N2O2/c21-12-14-3-1-13(2-4-14)10-20-18(22)16-5-6-17-11-19-8-7-15(17)9-16/h1-9,11,21H,10,12H2,(H,20,22). The van der Waals surface area contributed by atoms with E-state index in [-0.39, 0.29) is 12.5 Å². The summed E-state index contributed by atoms with van der Waals surface area (Å²) in [5.74, 6) is -0.107. The van der Waals surface area contributed by atoms with E-state index in [4.69, 9.17) is 5.11 Å². The van der Waals surface area contributed by atoms with E-state index in [0.717, 1.165) is 21.9 Å². The van der Waals surface area contributed by atoms with Gasteiger partial charge in [0.05, 0.1) is 6.61 Å². The molecule has 3 aromatic rings. The zero-order chi connectivity index (χ0) is 15.4. The fraction of sp³-hybridized carbons (Fsp3) is 0.111. The third kappa shape index (κ3) is 3.13. The largest absolute Gasteiger partial charge is 0.392 e. The fourth-order valence-corrected chi connectivity index (χ4v) is 2.27. The van der Waals surface area contributed by atoms with E-state index >= 15 is 0 Å². The molecule has 4 nitrogen and oxygen atoms in total. The van der Waals surface area contributed by atoms with Crippen LogP contribution in [-0.4, -0.2) is 16.0 Å². The van der Waals surface area contributed by atoms with E-state index in [1.54, 1.807) is 18.5 Å². The summed E-state index contributed by atoms with van der Waals surface area (Å²) in [7, 11) is 0. The minimum absolute atomic E-state index is 0.0264. The van der Waals surface area contributed by atoms with E-state index < -0.39 is 0 Å². The highest BCUT2D eigenvalue weighted by Gasteiger charge is 2.06. The van der Waals surface area contributed by atoms with Gasteiger partial charge in [-0.25, -0.2) is 0 Å². The molecule has 0 fully saturated rings. The van der Waals surface area contributed by atoms with Gasteiger partial charge in [-0.2, -0.15) is 0 Å². The summed E-state index contributed by atoms with van der Waals surface area (Å²) in [6.07, 6.45) is 3.49. The molecule has 0 atom stereocenters. The highest BCUT2D eigenvalue weighted by molar-refractivity contribution is 5.98. The summed E-state index contributed by atoms with van der Waals surface area (Å²) in [4.78, 5) is 16.3. The lowest BCUT2D eigenvalue weighted by atomic mass is 10.1. The van der Waals surface area contributed by atoms with Crippen LogP contribution in [0, 0.1) is 0 Å². The quantitative estimate of drug-likeness (QED) is 0.777. The number of rotatable bonds is 4. The maximum absolute atomic E-state index is 12.2. The second kappa shape index (κ2) is 6.37. The van der Waals surface area contributed by atoms with Crippen molar-refractivity contribution in [2.45, 2.75) is 13.2 Å². The molecule has 4 heteroatoms. The average Bonchev–Trinajstić information content (AvgIpc) is 2.59. The van der Waals surface area contributed by atoms with Crippen molar-refractivity contribution in [1.82, 2.24) is 10.3 Å². The molecule has 3 rings (SSSR count). The van der Waals surface area contributed by atoms with Crippen LogP contribution in [-0.2, 0) is 13.2 Å². The van der Waals surface area contributed by atoms with Crippen LogP contribution in [0.1, 0.15) is 21.5 Å². The van der Waals surface area contributed by atoms with E-state index in [1.807, 2.05) is 42.5 Å². The van der Waals surface area contributed by atoms with Crippen LogP contribution in [0.3, 0.4) is 0 Å². The number of aliphatic hydroxyl groups excluding tert-OH is 1. The summed E-state index contributed by atoms with van der Waals surface area (Å²) in [6.45, 7) is 0.484. The Kier molecular flexibility index (Phi) is 4.12. The first kappa shape index (κ1) is 14.2. The Balaban J connectivity index is 1.69. The number of aromatic nitrogens is 1. The van der Waals surface area contributed by atoms with Crippen molar-refractivity contribution in [3.05, 3.63) is 77.6 Å². The van der Waals surface area contributed by atoms with Crippen molar-refractivity contribution < 1.29 is 9.90 Å². The van der Waals surface area contributed by atoms with Crippen molar-refractivity contribution in [2.24, 2.45) is 0 Å². The molecule has 2 aromatic carbocycles. The van der Waals surface area contributed by atoms with Crippen LogP contribution >= 0.6 is 0 Å². The Morgan fingerprint density at radius 1 is 1.00 bits per heavy atom. The van der Waals surface area contributed by atoms with Crippen molar-refractivity contribution in [2.75, 3.05) is 0 Å². The molecule has 0 spiro atoms. The van der Waals surface area contributed by atoms with E-state index in [2.05, 4.69) is 10.3 Å². The third-order valence-electron chi connectivity index (χ3n) is 3.56. The van der Waals surface area contributed by atoms with Crippen molar-refractivity contribution in [1.29, 1.82) is 0 Å². The van der Waals surface area contributed by atoms with Gasteiger partial charge >= 0.3 is 0 Å². The molecule has 22 heavy (non-hydrogen) atoms. The van der Waals surface area contributed by atoms with Crippen LogP contribution in [0.15, 0.2) is 60.9 Å². The van der Waals surface area contributed by atoms with Crippen LogP contribution in [0.4, 0.5) is 0 Å². The molecule has 1 amide bonds. The molecule has 0 aliphatic rings. The minimum atomic E-state index is -0.107. The normalized spacial score (nSPS) is 10.6. The lowest BCUT2D eigenvalue weighted by molar-refractivity contribution is 0.0951. The number of nitrogens with one attached hydrogen (secondary N) is 1. The summed E-state index contributed by atoms with van der Waals surface area (Å²) in [5.41, 5.74) is 2.49. The summed E-state index contributed by atoms with van der Waals surface area (Å²) >= 11 is 0. The Bertz CT molecular complexity index is 798. The maximum Gasteiger partial charge on any atom is 0.251 e. The van der Waals surface area contributed by atoms with Gasteiger partial charge in [0.1, 0.15) is 0 Å². The molecular weight excluding hydrogens is 276 g/mol. The van der Waals surface area contributed by atoms with E-state index in [9.17, 15) is 4.79 Å². The molecule has 0 saturated heterocycles. The predicted octanol–water partition coefficient (Wildman–Crippen LogP) is 2.66. The maximum atomic E-state index is 12.2. The van der Waals surface area contributed by atoms with Gasteiger partial charge in [0.15, 0.2) is 0 Å². The van der Waals surface area contributed by atoms with Crippen LogP contribution < -0.4 is 5.32 Å². The highest BCUT2D eigenvalue weighted by Crippen LogP contribution is 2.14. The number of amides is 1. The molecule has 1 heterocycles. The summed E-state index contributed by atoms with van der Waals surface area (Å²) in [5, 5.41) is 13.9. The lowest BCUT2D eigenvalue weighted by Crippen LogP contribution is -2.22. The highest BCUT2D eigenvalue weighted by atomic mass is 16.3. The Morgan fingerprint density at radius 2 is 1.77 bits per heavy atom. The Hall–Kier alpha value is -2.72. The van der Waals surface area contributed by atoms with Gasteiger partial charge in [-0.1, -0.05) is 30.3 Å². The molecule has 2 N–H and O–H groups in total. The summed E-state index contributed by atoms with van der Waals surface area (Å²) < 4.78 is 0. The van der Waals surface area contributed by atoms with Gasteiger partial charge in [-0.05, 0) is 34.7 Å². The van der Waals surface area contributed by atoms with Gasteiger partial charge in [-0.3, -0.25) is 9.78 Å². The average molecular weight is 292 g/mol.